The van der Waals surface area contributed by atoms with Crippen molar-refractivity contribution >= 4 is 11.6 Å². The third-order valence-electron chi connectivity index (χ3n) is 3.19. The maximum Gasteiger partial charge on any atom is 0.256 e. The number of nitrogens with zero attached hydrogens (tertiary/aromatic N) is 1. The van der Waals surface area contributed by atoms with Gasteiger partial charge in [-0.3, -0.25) is 10.2 Å². The standard InChI is InChI=1S/C12H16FN3O/c1-2-10(12(17)15-14)16-6-5-8-3-4-9(13)7-11(8)16/h3-4,7,10H,2,5-6,14H2,1H3,(H,15,17). The van der Waals surface area contributed by atoms with Crippen molar-refractivity contribution in [3.8, 4) is 0 Å². The third kappa shape index (κ3) is 2.10. The number of nitrogens with one attached hydrogen (secondary N) is 1. The zero-order chi connectivity index (χ0) is 12.4. The van der Waals surface area contributed by atoms with Gasteiger partial charge < -0.3 is 4.90 Å². The lowest BCUT2D eigenvalue weighted by atomic mass is 10.1. The van der Waals surface area contributed by atoms with Crippen molar-refractivity contribution in [1.82, 2.24) is 5.43 Å². The number of hydrogen-bond acceptors (Lipinski definition) is 3. The topological polar surface area (TPSA) is 58.4 Å². The van der Waals surface area contributed by atoms with Crippen LogP contribution in [0, 0.1) is 5.82 Å². The number of hydrazine groups is 1. The van der Waals surface area contributed by atoms with E-state index in [2.05, 4.69) is 5.43 Å². The van der Waals surface area contributed by atoms with Crippen molar-refractivity contribution in [2.75, 3.05) is 11.4 Å². The molecule has 1 amide bonds. The van der Waals surface area contributed by atoms with Gasteiger partial charge >= 0.3 is 0 Å². The van der Waals surface area contributed by atoms with Gasteiger partial charge in [0.25, 0.3) is 5.91 Å². The van der Waals surface area contributed by atoms with Crippen LogP contribution in [0.4, 0.5) is 10.1 Å². The van der Waals surface area contributed by atoms with E-state index < -0.39 is 0 Å². The van der Waals surface area contributed by atoms with Crippen LogP contribution in [-0.2, 0) is 11.2 Å². The number of carbonyl (C=O) groups is 1. The molecule has 3 N–H and O–H groups in total. The van der Waals surface area contributed by atoms with Crippen LogP contribution in [0.25, 0.3) is 0 Å². The normalized spacial score (nSPS) is 15.6. The maximum absolute atomic E-state index is 13.2. The molecule has 0 aromatic heterocycles. The van der Waals surface area contributed by atoms with E-state index in [0.717, 1.165) is 24.2 Å². The van der Waals surface area contributed by atoms with E-state index in [-0.39, 0.29) is 17.8 Å². The van der Waals surface area contributed by atoms with Gasteiger partial charge in [-0.2, -0.15) is 0 Å². The average Bonchev–Trinajstić information content (AvgIpc) is 2.73. The molecule has 17 heavy (non-hydrogen) atoms. The van der Waals surface area contributed by atoms with Gasteiger partial charge in [0.2, 0.25) is 0 Å². The highest BCUT2D eigenvalue weighted by Crippen LogP contribution is 2.31. The summed E-state index contributed by atoms with van der Waals surface area (Å²) in [6.07, 6.45) is 1.48. The minimum Gasteiger partial charge on any atom is -0.359 e. The zero-order valence-electron chi connectivity index (χ0n) is 9.74. The Bertz CT molecular complexity index is 436. The second-order valence-corrected chi connectivity index (χ2v) is 4.15. The molecule has 1 aliphatic heterocycles. The minimum atomic E-state index is -0.331. The lowest BCUT2D eigenvalue weighted by Crippen LogP contribution is -2.48. The number of hydrogen-bond donors (Lipinski definition) is 2. The zero-order valence-corrected chi connectivity index (χ0v) is 9.74. The maximum atomic E-state index is 13.2. The van der Waals surface area contributed by atoms with Crippen molar-refractivity contribution in [3.63, 3.8) is 0 Å². The Morgan fingerprint density at radius 2 is 2.41 bits per heavy atom. The summed E-state index contributed by atoms with van der Waals surface area (Å²) in [7, 11) is 0. The number of nitrogens with two attached hydrogens (primary N) is 1. The largest absolute Gasteiger partial charge is 0.359 e. The van der Waals surface area contributed by atoms with E-state index in [4.69, 9.17) is 5.84 Å². The van der Waals surface area contributed by atoms with Crippen molar-refractivity contribution < 1.29 is 9.18 Å². The molecular formula is C12H16FN3O. The van der Waals surface area contributed by atoms with Crippen molar-refractivity contribution in [2.24, 2.45) is 5.84 Å². The Kier molecular flexibility index (Phi) is 3.28. The predicted molar refractivity (Wildman–Crippen MR) is 63.9 cm³/mol. The molecule has 0 aliphatic carbocycles. The Morgan fingerprint density at radius 1 is 1.65 bits per heavy atom. The first kappa shape index (κ1) is 11.9. The van der Waals surface area contributed by atoms with Gasteiger partial charge in [-0.15, -0.1) is 0 Å². The van der Waals surface area contributed by atoms with Gasteiger partial charge in [-0.1, -0.05) is 13.0 Å². The second-order valence-electron chi connectivity index (χ2n) is 4.15. The quantitative estimate of drug-likeness (QED) is 0.467. The number of carbonyl (C=O) groups excluding carboxylic acids is 1. The first-order valence-corrected chi connectivity index (χ1v) is 5.73. The number of amides is 1. The van der Waals surface area contributed by atoms with Gasteiger partial charge in [-0.25, -0.2) is 10.2 Å². The second kappa shape index (κ2) is 4.71. The molecule has 2 rings (SSSR count). The number of halogens is 1. The Hall–Kier alpha value is -1.62. The van der Waals surface area contributed by atoms with E-state index >= 15 is 0 Å². The molecule has 0 fully saturated rings. The number of fused-ring (bicyclic) bond motifs is 1. The van der Waals surface area contributed by atoms with Crippen molar-refractivity contribution in [1.29, 1.82) is 0 Å². The van der Waals surface area contributed by atoms with Gasteiger partial charge in [0.1, 0.15) is 11.9 Å². The highest BCUT2D eigenvalue weighted by Gasteiger charge is 2.29. The molecule has 0 radical (unpaired) electrons. The van der Waals surface area contributed by atoms with E-state index in [1.54, 1.807) is 6.07 Å². The number of benzene rings is 1. The Balaban J connectivity index is 2.31. The molecular weight excluding hydrogens is 221 g/mol. The van der Waals surface area contributed by atoms with Crippen LogP contribution in [0.2, 0.25) is 0 Å². The first-order valence-electron chi connectivity index (χ1n) is 5.73. The van der Waals surface area contributed by atoms with Gasteiger partial charge in [0, 0.05) is 12.2 Å². The fraction of sp³-hybridized carbons (Fsp3) is 0.417. The molecule has 5 heteroatoms. The van der Waals surface area contributed by atoms with Crippen LogP contribution in [0.1, 0.15) is 18.9 Å². The highest BCUT2D eigenvalue weighted by atomic mass is 19.1. The van der Waals surface area contributed by atoms with Crippen LogP contribution in [-0.4, -0.2) is 18.5 Å². The molecule has 1 aromatic rings. The number of anilines is 1. The van der Waals surface area contributed by atoms with Crippen molar-refractivity contribution in [2.45, 2.75) is 25.8 Å². The van der Waals surface area contributed by atoms with Crippen LogP contribution in [0.3, 0.4) is 0 Å². The van der Waals surface area contributed by atoms with Crippen molar-refractivity contribution in [3.05, 3.63) is 29.6 Å². The monoisotopic (exact) mass is 237 g/mol. The lowest BCUT2D eigenvalue weighted by Gasteiger charge is -2.27. The van der Waals surface area contributed by atoms with E-state index in [0.29, 0.717) is 6.42 Å². The van der Waals surface area contributed by atoms with Gasteiger partial charge in [0.15, 0.2) is 0 Å². The van der Waals surface area contributed by atoms with Gasteiger partial charge in [0.05, 0.1) is 0 Å². The molecule has 1 aromatic carbocycles. The summed E-state index contributed by atoms with van der Waals surface area (Å²) in [5, 5.41) is 0. The van der Waals surface area contributed by atoms with Crippen LogP contribution < -0.4 is 16.2 Å². The SMILES string of the molecule is CCC(C(=O)NN)N1CCc2ccc(F)cc21. The highest BCUT2D eigenvalue weighted by molar-refractivity contribution is 5.85. The summed E-state index contributed by atoms with van der Waals surface area (Å²) in [6, 6.07) is 4.38. The molecule has 1 atom stereocenters. The third-order valence-corrected chi connectivity index (χ3v) is 3.19. The van der Waals surface area contributed by atoms with Crippen LogP contribution in [0.5, 0.6) is 0 Å². The van der Waals surface area contributed by atoms with Crippen LogP contribution >= 0.6 is 0 Å². The van der Waals surface area contributed by atoms with E-state index in [1.165, 1.54) is 12.1 Å². The molecule has 0 spiro atoms. The first-order chi connectivity index (χ1) is 8.17. The molecule has 0 saturated carbocycles. The lowest BCUT2D eigenvalue weighted by molar-refractivity contribution is -0.122. The fourth-order valence-corrected chi connectivity index (χ4v) is 2.34. The molecule has 4 nitrogen and oxygen atoms in total. The van der Waals surface area contributed by atoms with Crippen LogP contribution in [0.15, 0.2) is 18.2 Å². The summed E-state index contributed by atoms with van der Waals surface area (Å²) < 4.78 is 13.2. The summed E-state index contributed by atoms with van der Waals surface area (Å²) in [6.45, 7) is 2.64. The summed E-state index contributed by atoms with van der Waals surface area (Å²) in [4.78, 5) is 13.6. The summed E-state index contributed by atoms with van der Waals surface area (Å²) in [5.41, 5.74) is 4.05. The molecule has 1 aliphatic rings. The minimum absolute atomic E-state index is 0.232. The molecule has 1 unspecified atom stereocenters. The van der Waals surface area contributed by atoms with E-state index in [1.807, 2.05) is 11.8 Å². The predicted octanol–water partition coefficient (Wildman–Crippen LogP) is 0.957. The van der Waals surface area contributed by atoms with Gasteiger partial charge in [-0.05, 0) is 30.5 Å². The average molecular weight is 237 g/mol. The Labute approximate surface area is 99.6 Å². The molecule has 1 heterocycles. The molecule has 0 bridgehead atoms. The Morgan fingerprint density at radius 3 is 3.06 bits per heavy atom. The molecule has 0 saturated heterocycles. The molecule has 92 valence electrons. The summed E-state index contributed by atoms with van der Waals surface area (Å²) >= 11 is 0. The smallest absolute Gasteiger partial charge is 0.256 e. The summed E-state index contributed by atoms with van der Waals surface area (Å²) in [5.74, 6) is 4.65. The number of rotatable bonds is 3. The fourth-order valence-electron chi connectivity index (χ4n) is 2.34. The van der Waals surface area contributed by atoms with E-state index in [9.17, 15) is 9.18 Å².